The summed E-state index contributed by atoms with van der Waals surface area (Å²) in [7, 11) is -3.75. The molecular formula is C20H18N4O3S3. The van der Waals surface area contributed by atoms with Gasteiger partial charge in [-0.3, -0.25) is 9.78 Å². The van der Waals surface area contributed by atoms with Crippen LogP contribution >= 0.6 is 22.7 Å². The summed E-state index contributed by atoms with van der Waals surface area (Å²) in [6.45, 7) is 0.914. The highest BCUT2D eigenvalue weighted by atomic mass is 32.2. The number of fused-ring (bicyclic) bond motifs is 1. The molecule has 1 aliphatic heterocycles. The van der Waals surface area contributed by atoms with Crippen LogP contribution in [0, 0.1) is 0 Å². The van der Waals surface area contributed by atoms with Crippen LogP contribution in [-0.2, 0) is 21.4 Å². The van der Waals surface area contributed by atoms with Gasteiger partial charge in [0.15, 0.2) is 0 Å². The highest BCUT2D eigenvalue weighted by Gasteiger charge is 2.35. The van der Waals surface area contributed by atoms with Crippen molar-refractivity contribution >= 4 is 49.5 Å². The van der Waals surface area contributed by atoms with Crippen molar-refractivity contribution in [2.45, 2.75) is 23.2 Å². The summed E-state index contributed by atoms with van der Waals surface area (Å²) in [6, 6.07) is 10.4. The summed E-state index contributed by atoms with van der Waals surface area (Å²) in [6.07, 6.45) is 3.93. The number of aromatic amines is 1. The van der Waals surface area contributed by atoms with Crippen LogP contribution in [-0.4, -0.2) is 41.8 Å². The minimum atomic E-state index is -3.75. The number of carbonyl (C=O) groups is 1. The zero-order chi connectivity index (χ0) is 20.7. The average molecular weight is 459 g/mol. The van der Waals surface area contributed by atoms with E-state index in [1.165, 1.54) is 11.3 Å². The number of rotatable bonds is 6. The molecule has 0 unspecified atom stereocenters. The number of hydrogen-bond donors (Lipinski definition) is 2. The van der Waals surface area contributed by atoms with Crippen molar-refractivity contribution in [2.75, 3.05) is 6.54 Å². The van der Waals surface area contributed by atoms with E-state index >= 15 is 0 Å². The maximum absolute atomic E-state index is 12.8. The average Bonchev–Trinajstić information content (AvgIpc) is 3.50. The number of hydrogen-bond acceptors (Lipinski definition) is 6. The van der Waals surface area contributed by atoms with Crippen molar-refractivity contribution in [3.8, 4) is 9.75 Å². The standard InChI is InChI=1S/C20H18N4O3S3/c25-20-16(6-8-24(20)12-14-10-13-11-21-7-5-15(13)22-14)23-30(26,27)19-4-3-18(29-19)17-2-1-9-28-17/h1-5,7,9-11,16,22-23H,6,8,12H2/t16-/m0/s1. The Bertz CT molecular complexity index is 1280. The number of nitrogens with one attached hydrogen (secondary N) is 2. The molecule has 10 heteroatoms. The van der Waals surface area contributed by atoms with E-state index in [1.807, 2.05) is 29.6 Å². The van der Waals surface area contributed by atoms with E-state index in [-0.39, 0.29) is 10.1 Å². The molecule has 1 atom stereocenters. The molecule has 0 saturated carbocycles. The Hall–Kier alpha value is -2.53. The van der Waals surface area contributed by atoms with E-state index in [2.05, 4.69) is 14.7 Å². The van der Waals surface area contributed by atoms with Gasteiger partial charge in [-0.05, 0) is 42.1 Å². The van der Waals surface area contributed by atoms with Gasteiger partial charge < -0.3 is 9.88 Å². The molecule has 5 heterocycles. The number of amides is 1. The molecule has 0 radical (unpaired) electrons. The highest BCUT2D eigenvalue weighted by Crippen LogP contribution is 2.33. The van der Waals surface area contributed by atoms with E-state index in [1.54, 1.807) is 40.8 Å². The Kier molecular flexibility index (Phi) is 4.94. The van der Waals surface area contributed by atoms with Gasteiger partial charge in [0.05, 0.1) is 6.54 Å². The summed E-state index contributed by atoms with van der Waals surface area (Å²) in [4.78, 5) is 23.8. The van der Waals surface area contributed by atoms with Crippen molar-refractivity contribution < 1.29 is 13.2 Å². The summed E-state index contributed by atoms with van der Waals surface area (Å²) in [5.74, 6) is -0.203. The SMILES string of the molecule is O=C1[C@@H](NS(=O)(=O)c2ccc(-c3cccs3)s2)CCN1Cc1cc2cnccc2[nH]1. The van der Waals surface area contributed by atoms with Crippen LogP contribution in [0.15, 0.2) is 58.4 Å². The predicted molar refractivity (Wildman–Crippen MR) is 118 cm³/mol. The van der Waals surface area contributed by atoms with Crippen LogP contribution in [0.3, 0.4) is 0 Å². The molecule has 4 aromatic heterocycles. The third kappa shape index (κ3) is 3.67. The second kappa shape index (κ2) is 7.62. The van der Waals surface area contributed by atoms with Gasteiger partial charge in [0.2, 0.25) is 5.91 Å². The first kappa shape index (κ1) is 19.4. The van der Waals surface area contributed by atoms with E-state index in [0.29, 0.717) is 19.5 Å². The normalized spacial score (nSPS) is 17.3. The zero-order valence-corrected chi connectivity index (χ0v) is 18.2. The Morgan fingerprint density at radius 2 is 2.13 bits per heavy atom. The number of nitrogens with zero attached hydrogens (tertiary/aromatic N) is 2. The number of pyridine rings is 1. The highest BCUT2D eigenvalue weighted by molar-refractivity contribution is 7.91. The lowest BCUT2D eigenvalue weighted by atomic mass is 10.3. The molecule has 4 aromatic rings. The van der Waals surface area contributed by atoms with E-state index < -0.39 is 16.1 Å². The van der Waals surface area contributed by atoms with Gasteiger partial charge in [-0.2, -0.15) is 4.72 Å². The Morgan fingerprint density at radius 3 is 2.93 bits per heavy atom. The molecule has 0 bridgehead atoms. The van der Waals surface area contributed by atoms with Gasteiger partial charge in [-0.1, -0.05) is 6.07 Å². The van der Waals surface area contributed by atoms with Crippen molar-refractivity contribution in [1.29, 1.82) is 0 Å². The first-order valence-electron chi connectivity index (χ1n) is 9.36. The summed E-state index contributed by atoms with van der Waals surface area (Å²) in [5.41, 5.74) is 1.86. The molecule has 0 spiro atoms. The number of H-pyrrole nitrogens is 1. The molecule has 0 aromatic carbocycles. The van der Waals surface area contributed by atoms with Gasteiger partial charge >= 0.3 is 0 Å². The number of likely N-dealkylation sites (tertiary alicyclic amines) is 1. The van der Waals surface area contributed by atoms with Crippen molar-refractivity contribution in [1.82, 2.24) is 19.6 Å². The number of carbonyl (C=O) groups excluding carboxylic acids is 1. The van der Waals surface area contributed by atoms with Crippen molar-refractivity contribution in [2.24, 2.45) is 0 Å². The first-order chi connectivity index (χ1) is 14.5. The summed E-state index contributed by atoms with van der Waals surface area (Å²) in [5, 5.41) is 2.94. The number of sulfonamides is 1. The quantitative estimate of drug-likeness (QED) is 0.463. The monoisotopic (exact) mass is 458 g/mol. The molecule has 154 valence electrons. The van der Waals surface area contributed by atoms with Gasteiger partial charge in [0.1, 0.15) is 10.3 Å². The molecular weight excluding hydrogens is 440 g/mol. The van der Waals surface area contributed by atoms with Crippen LogP contribution in [0.25, 0.3) is 20.7 Å². The van der Waals surface area contributed by atoms with E-state index in [0.717, 1.165) is 26.4 Å². The molecule has 1 fully saturated rings. The maximum Gasteiger partial charge on any atom is 0.250 e. The van der Waals surface area contributed by atoms with Crippen LogP contribution < -0.4 is 4.72 Å². The second-order valence-corrected chi connectivity index (χ2v) is 11.0. The van der Waals surface area contributed by atoms with Crippen LogP contribution in [0.4, 0.5) is 0 Å². The lowest BCUT2D eigenvalue weighted by Gasteiger charge is -2.16. The van der Waals surface area contributed by atoms with Crippen molar-refractivity contribution in [3.05, 3.63) is 59.9 Å². The Balaban J connectivity index is 1.28. The fraction of sp³-hybridized carbons (Fsp3) is 0.200. The molecule has 30 heavy (non-hydrogen) atoms. The lowest BCUT2D eigenvalue weighted by Crippen LogP contribution is -2.41. The minimum Gasteiger partial charge on any atom is -0.357 e. The van der Waals surface area contributed by atoms with Gasteiger partial charge in [-0.15, -0.1) is 22.7 Å². The fourth-order valence-corrected chi connectivity index (χ4v) is 6.97. The minimum absolute atomic E-state index is 0.203. The fourth-order valence-electron chi connectivity index (χ4n) is 3.59. The number of aromatic nitrogens is 2. The Labute approximate surface area is 181 Å². The first-order valence-corrected chi connectivity index (χ1v) is 12.5. The third-order valence-electron chi connectivity index (χ3n) is 5.04. The third-order valence-corrected chi connectivity index (χ3v) is 9.16. The smallest absolute Gasteiger partial charge is 0.250 e. The van der Waals surface area contributed by atoms with Crippen molar-refractivity contribution in [3.63, 3.8) is 0 Å². The van der Waals surface area contributed by atoms with Gasteiger partial charge in [-0.25, -0.2) is 8.42 Å². The number of thiophene rings is 2. The topological polar surface area (TPSA) is 95.2 Å². The van der Waals surface area contributed by atoms with E-state index in [4.69, 9.17) is 0 Å². The molecule has 2 N–H and O–H groups in total. The molecule has 0 aliphatic carbocycles. The van der Waals surface area contributed by atoms with Gasteiger partial charge in [0.25, 0.3) is 10.0 Å². The van der Waals surface area contributed by atoms with Crippen LogP contribution in [0.2, 0.25) is 0 Å². The molecule has 1 saturated heterocycles. The molecule has 1 aliphatic rings. The summed E-state index contributed by atoms with van der Waals surface area (Å²) < 4.78 is 28.5. The maximum atomic E-state index is 12.8. The molecule has 7 nitrogen and oxygen atoms in total. The molecule has 1 amide bonds. The van der Waals surface area contributed by atoms with E-state index in [9.17, 15) is 13.2 Å². The van der Waals surface area contributed by atoms with Gasteiger partial charge in [0, 0.05) is 45.3 Å². The van der Waals surface area contributed by atoms with Crippen LogP contribution in [0.1, 0.15) is 12.1 Å². The Morgan fingerprint density at radius 1 is 1.23 bits per heavy atom. The lowest BCUT2D eigenvalue weighted by molar-refractivity contribution is -0.129. The molecule has 5 rings (SSSR count). The second-order valence-electron chi connectivity index (χ2n) is 7.08. The predicted octanol–water partition coefficient (Wildman–Crippen LogP) is 3.43. The van der Waals surface area contributed by atoms with Crippen LogP contribution in [0.5, 0.6) is 0 Å². The largest absolute Gasteiger partial charge is 0.357 e. The summed E-state index contributed by atoms with van der Waals surface area (Å²) >= 11 is 2.78. The zero-order valence-electron chi connectivity index (χ0n) is 15.7.